The van der Waals surface area contributed by atoms with E-state index in [9.17, 15) is 4.39 Å². The zero-order valence-corrected chi connectivity index (χ0v) is 8.65. The molecule has 0 aliphatic carbocycles. The lowest BCUT2D eigenvalue weighted by atomic mass is 10.1. The number of nitrogens with two attached hydrogens (primary N) is 1. The molecule has 0 aliphatic rings. The van der Waals surface area contributed by atoms with Crippen LogP contribution in [-0.4, -0.2) is 17.7 Å². The van der Waals surface area contributed by atoms with E-state index >= 15 is 0 Å². The van der Waals surface area contributed by atoms with Crippen molar-refractivity contribution in [1.82, 2.24) is 4.98 Å². The Labute approximate surface area is 89.6 Å². The van der Waals surface area contributed by atoms with Crippen molar-refractivity contribution in [2.45, 2.75) is 12.6 Å². The molecule has 1 atom stereocenters. The second-order valence-electron chi connectivity index (χ2n) is 2.40. The molecule has 0 fully saturated rings. The van der Waals surface area contributed by atoms with Gasteiger partial charge in [0.25, 0.3) is 0 Å². The molecule has 2 N–H and O–H groups in total. The van der Waals surface area contributed by atoms with Gasteiger partial charge in [0.15, 0.2) is 0 Å². The van der Waals surface area contributed by atoms with Crippen LogP contribution in [0.2, 0.25) is 0 Å². The maximum Gasteiger partial charge on any atom is 0.116 e. The number of nitrogens with zero attached hydrogens (tertiary/aromatic N) is 1. The third-order valence-corrected chi connectivity index (χ3v) is 1.44. The van der Waals surface area contributed by atoms with Gasteiger partial charge in [-0.05, 0) is 11.6 Å². The van der Waals surface area contributed by atoms with Crippen LogP contribution < -0.4 is 5.73 Å². The Morgan fingerprint density at radius 2 is 2.15 bits per heavy atom. The van der Waals surface area contributed by atoms with Gasteiger partial charge in [-0.25, -0.2) is 4.39 Å². The van der Waals surface area contributed by atoms with Crippen molar-refractivity contribution in [2.24, 2.45) is 5.73 Å². The van der Waals surface area contributed by atoms with Crippen LogP contribution in [0.5, 0.6) is 0 Å². The monoisotopic (exact) mass is 226 g/mol. The highest BCUT2D eigenvalue weighted by Crippen LogP contribution is 2.02. The lowest BCUT2D eigenvalue weighted by molar-refractivity contribution is 0.340. The maximum absolute atomic E-state index is 12.7. The predicted octanol–water partition coefficient (Wildman–Crippen LogP) is 1.76. The number of alkyl halides is 1. The van der Waals surface area contributed by atoms with Crippen molar-refractivity contribution in [3.05, 3.63) is 30.1 Å². The third kappa shape index (κ3) is 5.80. The minimum Gasteiger partial charge on any atom is -0.328 e. The zero-order valence-electron chi connectivity index (χ0n) is 7.02. The molecule has 1 heterocycles. The van der Waals surface area contributed by atoms with E-state index in [1.54, 1.807) is 18.5 Å². The summed E-state index contributed by atoms with van der Waals surface area (Å²) in [4.78, 5) is 3.86. The molecule has 0 saturated heterocycles. The van der Waals surface area contributed by atoms with Crippen LogP contribution in [0.3, 0.4) is 0 Å². The second-order valence-corrected chi connectivity index (χ2v) is 2.40. The number of aromatic nitrogens is 1. The van der Waals surface area contributed by atoms with E-state index in [1.165, 1.54) is 0 Å². The SMILES string of the molecule is Cl.Cl.NCC(F)Cc1cccnc1. The average molecular weight is 227 g/mol. The first-order chi connectivity index (χ1) is 5.33. The Morgan fingerprint density at radius 1 is 1.46 bits per heavy atom. The number of rotatable bonds is 3. The lowest BCUT2D eigenvalue weighted by Crippen LogP contribution is -2.17. The van der Waals surface area contributed by atoms with Crippen LogP contribution in [0.4, 0.5) is 4.39 Å². The van der Waals surface area contributed by atoms with E-state index in [1.807, 2.05) is 6.07 Å². The van der Waals surface area contributed by atoms with Crippen molar-refractivity contribution in [3.63, 3.8) is 0 Å². The molecule has 1 rings (SSSR count). The van der Waals surface area contributed by atoms with E-state index < -0.39 is 6.17 Å². The van der Waals surface area contributed by atoms with Crippen molar-refractivity contribution in [3.8, 4) is 0 Å². The van der Waals surface area contributed by atoms with E-state index in [4.69, 9.17) is 5.73 Å². The summed E-state index contributed by atoms with van der Waals surface area (Å²) in [6.45, 7) is 0.0783. The van der Waals surface area contributed by atoms with Gasteiger partial charge in [0.2, 0.25) is 0 Å². The van der Waals surface area contributed by atoms with Gasteiger partial charge >= 0.3 is 0 Å². The number of pyridine rings is 1. The number of halogens is 3. The first-order valence-electron chi connectivity index (χ1n) is 3.56. The molecule has 13 heavy (non-hydrogen) atoms. The molecule has 1 aromatic rings. The van der Waals surface area contributed by atoms with E-state index in [2.05, 4.69) is 4.98 Å². The molecule has 0 saturated carbocycles. The first kappa shape index (κ1) is 15.1. The summed E-state index contributed by atoms with van der Waals surface area (Å²) in [5.74, 6) is 0. The van der Waals surface area contributed by atoms with E-state index in [-0.39, 0.29) is 31.4 Å². The summed E-state index contributed by atoms with van der Waals surface area (Å²) in [6.07, 6.45) is 2.74. The smallest absolute Gasteiger partial charge is 0.116 e. The fourth-order valence-electron chi connectivity index (χ4n) is 0.858. The minimum absolute atomic E-state index is 0. The van der Waals surface area contributed by atoms with E-state index in [0.29, 0.717) is 6.42 Å². The standard InChI is InChI=1S/C8H11FN2.2ClH/c9-8(5-10)4-7-2-1-3-11-6-7;;/h1-3,6,8H,4-5,10H2;2*1H. The topological polar surface area (TPSA) is 38.9 Å². The van der Waals surface area contributed by atoms with Gasteiger partial charge in [-0.3, -0.25) is 4.98 Å². The van der Waals surface area contributed by atoms with Crippen molar-refractivity contribution in [1.29, 1.82) is 0 Å². The zero-order chi connectivity index (χ0) is 8.10. The van der Waals surface area contributed by atoms with Crippen LogP contribution in [0, 0.1) is 0 Å². The van der Waals surface area contributed by atoms with Crippen LogP contribution in [0.25, 0.3) is 0 Å². The summed E-state index contributed by atoms with van der Waals surface area (Å²) in [7, 11) is 0. The van der Waals surface area contributed by atoms with Gasteiger partial charge in [0.05, 0.1) is 0 Å². The highest BCUT2D eigenvalue weighted by molar-refractivity contribution is 5.85. The van der Waals surface area contributed by atoms with Crippen molar-refractivity contribution < 1.29 is 4.39 Å². The number of hydrogen-bond donors (Lipinski definition) is 1. The highest BCUT2D eigenvalue weighted by atomic mass is 35.5. The van der Waals surface area contributed by atoms with E-state index in [0.717, 1.165) is 5.56 Å². The largest absolute Gasteiger partial charge is 0.328 e. The Kier molecular flexibility index (Phi) is 9.56. The molecular weight excluding hydrogens is 214 g/mol. The molecule has 76 valence electrons. The van der Waals surface area contributed by atoms with Crippen LogP contribution >= 0.6 is 24.8 Å². The maximum atomic E-state index is 12.7. The fourth-order valence-corrected chi connectivity index (χ4v) is 0.858. The summed E-state index contributed by atoms with van der Waals surface area (Å²) in [6, 6.07) is 3.63. The van der Waals surface area contributed by atoms with Gasteiger partial charge in [-0.2, -0.15) is 0 Å². The quantitative estimate of drug-likeness (QED) is 0.854. The molecule has 5 heteroatoms. The lowest BCUT2D eigenvalue weighted by Gasteiger charge is -2.03. The van der Waals surface area contributed by atoms with Gasteiger partial charge in [-0.15, -0.1) is 24.8 Å². The molecule has 2 nitrogen and oxygen atoms in total. The Bertz CT molecular complexity index is 209. The third-order valence-electron chi connectivity index (χ3n) is 1.44. The van der Waals surface area contributed by atoms with Gasteiger partial charge in [0, 0.05) is 25.4 Å². The Morgan fingerprint density at radius 3 is 2.62 bits per heavy atom. The summed E-state index contributed by atoms with van der Waals surface area (Å²) in [5.41, 5.74) is 6.02. The average Bonchev–Trinajstić information content (AvgIpc) is 2.06. The van der Waals surface area contributed by atoms with Crippen molar-refractivity contribution >= 4 is 24.8 Å². The Hall–Kier alpha value is -0.380. The summed E-state index contributed by atoms with van der Waals surface area (Å²) in [5, 5.41) is 0. The molecule has 0 aliphatic heterocycles. The molecule has 1 aromatic heterocycles. The molecule has 0 amide bonds. The fraction of sp³-hybridized carbons (Fsp3) is 0.375. The van der Waals surface area contributed by atoms with Gasteiger partial charge in [-0.1, -0.05) is 6.07 Å². The predicted molar refractivity (Wildman–Crippen MR) is 56.4 cm³/mol. The summed E-state index contributed by atoms with van der Waals surface area (Å²) >= 11 is 0. The van der Waals surface area contributed by atoms with Crippen LogP contribution in [-0.2, 0) is 6.42 Å². The second kappa shape index (κ2) is 8.23. The summed E-state index contributed by atoms with van der Waals surface area (Å²) < 4.78 is 12.7. The van der Waals surface area contributed by atoms with Crippen LogP contribution in [0.1, 0.15) is 5.56 Å². The van der Waals surface area contributed by atoms with Crippen molar-refractivity contribution in [2.75, 3.05) is 6.54 Å². The highest BCUT2D eigenvalue weighted by Gasteiger charge is 2.03. The molecular formula is C8H13Cl2FN2. The number of hydrogen-bond acceptors (Lipinski definition) is 2. The first-order valence-corrected chi connectivity index (χ1v) is 3.56. The minimum atomic E-state index is -0.945. The van der Waals surface area contributed by atoms with Gasteiger partial charge < -0.3 is 5.73 Å². The Balaban J connectivity index is 0. The van der Waals surface area contributed by atoms with Crippen LogP contribution in [0.15, 0.2) is 24.5 Å². The molecule has 1 unspecified atom stereocenters. The van der Waals surface area contributed by atoms with Gasteiger partial charge in [0.1, 0.15) is 6.17 Å². The molecule has 0 aromatic carbocycles. The molecule has 0 spiro atoms. The molecule has 0 radical (unpaired) electrons. The molecule has 0 bridgehead atoms. The normalized spacial score (nSPS) is 10.9.